The average Bonchev–Trinajstić information content (AvgIpc) is 2.31. The van der Waals surface area contributed by atoms with Gasteiger partial charge in [0.25, 0.3) is 0 Å². The number of carbonyl (C=O) groups is 1. The lowest BCUT2D eigenvalue weighted by molar-refractivity contribution is -0.116. The Hall–Kier alpha value is -1.96. The summed E-state index contributed by atoms with van der Waals surface area (Å²) in [6.45, 7) is 3.84. The van der Waals surface area contributed by atoms with Gasteiger partial charge < -0.3 is 0 Å². The van der Waals surface area contributed by atoms with E-state index in [0.717, 1.165) is 17.6 Å². The zero-order valence-electron chi connectivity index (χ0n) is 8.77. The number of hydrogen-bond acceptors (Lipinski definition) is 2. The van der Waals surface area contributed by atoms with Crippen molar-refractivity contribution in [3.8, 4) is 0 Å². The lowest BCUT2D eigenvalue weighted by Crippen LogP contribution is -2.19. The summed E-state index contributed by atoms with van der Waals surface area (Å²) in [5.41, 5.74) is 2.06. The van der Waals surface area contributed by atoms with E-state index >= 15 is 0 Å². The number of Topliss-reactive ketones (excluding diaryl/α,β-unsaturated/α-hetero) is 1. The third-order valence-electron chi connectivity index (χ3n) is 2.69. The van der Waals surface area contributed by atoms with Crippen molar-refractivity contribution >= 4 is 12.1 Å². The summed E-state index contributed by atoms with van der Waals surface area (Å²) in [6.07, 6.45) is 13.2. The first-order chi connectivity index (χ1) is 7.72. The first-order valence-electron chi connectivity index (χ1n) is 5.09. The van der Waals surface area contributed by atoms with E-state index in [-0.39, 0.29) is 17.3 Å². The summed E-state index contributed by atoms with van der Waals surface area (Å²) in [4.78, 5) is 22.4. The van der Waals surface area contributed by atoms with Gasteiger partial charge in [-0.1, -0.05) is 42.5 Å². The maximum Gasteiger partial charge on any atom is 0.237 e. The smallest absolute Gasteiger partial charge is 0.237 e. The van der Waals surface area contributed by atoms with E-state index in [1.807, 2.05) is 18.2 Å². The molecule has 2 rings (SSSR count). The molecule has 0 heterocycles. The summed E-state index contributed by atoms with van der Waals surface area (Å²) in [6, 6.07) is 0. The second-order valence-corrected chi connectivity index (χ2v) is 3.81. The Bertz CT molecular complexity index is 473. The highest BCUT2D eigenvalue weighted by atomic mass is 16.1. The standard InChI is InChI=1S/C14H11O2/c1-10-5-7-11(8-6-10)13-4-2-3-12(9-15)14(13)16/h2-5,7-8,13H,1,6H2. The van der Waals surface area contributed by atoms with E-state index in [1.54, 1.807) is 18.4 Å². The Kier molecular flexibility index (Phi) is 2.82. The zero-order chi connectivity index (χ0) is 11.5. The second kappa shape index (κ2) is 4.27. The quantitative estimate of drug-likeness (QED) is 0.656. The van der Waals surface area contributed by atoms with Crippen LogP contribution in [0.1, 0.15) is 6.42 Å². The number of hydrogen-bond donors (Lipinski definition) is 0. The molecule has 0 aromatic heterocycles. The molecule has 0 N–H and O–H groups in total. The Morgan fingerprint density at radius 1 is 1.38 bits per heavy atom. The van der Waals surface area contributed by atoms with Crippen molar-refractivity contribution in [3.05, 3.63) is 59.8 Å². The molecule has 1 atom stereocenters. The molecule has 16 heavy (non-hydrogen) atoms. The van der Waals surface area contributed by atoms with Crippen LogP contribution in [-0.4, -0.2) is 12.1 Å². The van der Waals surface area contributed by atoms with E-state index in [0.29, 0.717) is 0 Å². The topological polar surface area (TPSA) is 34.1 Å². The van der Waals surface area contributed by atoms with E-state index in [9.17, 15) is 9.59 Å². The molecule has 0 saturated carbocycles. The first kappa shape index (κ1) is 10.6. The molecule has 0 aliphatic heterocycles. The molecular weight excluding hydrogens is 200 g/mol. The van der Waals surface area contributed by atoms with Crippen LogP contribution < -0.4 is 0 Å². The van der Waals surface area contributed by atoms with Crippen molar-refractivity contribution in [2.45, 2.75) is 6.42 Å². The number of allylic oxidation sites excluding steroid dienone is 9. The average molecular weight is 211 g/mol. The Morgan fingerprint density at radius 3 is 2.81 bits per heavy atom. The maximum absolute atomic E-state index is 11.9. The summed E-state index contributed by atoms with van der Waals surface area (Å²) < 4.78 is 0. The van der Waals surface area contributed by atoms with Gasteiger partial charge in [-0.25, -0.2) is 0 Å². The summed E-state index contributed by atoms with van der Waals surface area (Å²) >= 11 is 0. The fourth-order valence-electron chi connectivity index (χ4n) is 1.78. The van der Waals surface area contributed by atoms with Crippen molar-refractivity contribution in [1.29, 1.82) is 0 Å². The number of ketones is 1. The van der Waals surface area contributed by atoms with Crippen molar-refractivity contribution in [1.82, 2.24) is 0 Å². The highest BCUT2D eigenvalue weighted by molar-refractivity contribution is 6.15. The van der Waals surface area contributed by atoms with Gasteiger partial charge in [0.05, 0.1) is 11.5 Å². The molecule has 79 valence electrons. The van der Waals surface area contributed by atoms with Crippen LogP contribution in [0.3, 0.4) is 0 Å². The highest BCUT2D eigenvalue weighted by Crippen LogP contribution is 2.26. The molecule has 0 aromatic rings. The second-order valence-electron chi connectivity index (χ2n) is 3.81. The molecule has 2 heteroatoms. The predicted molar refractivity (Wildman–Crippen MR) is 62.4 cm³/mol. The minimum atomic E-state index is -0.342. The van der Waals surface area contributed by atoms with Crippen LogP contribution in [0.2, 0.25) is 0 Å². The molecule has 0 bridgehead atoms. The lowest BCUT2D eigenvalue weighted by Gasteiger charge is -2.18. The van der Waals surface area contributed by atoms with Gasteiger partial charge in [0.1, 0.15) is 0 Å². The molecular formula is C14H11O2. The first-order valence-corrected chi connectivity index (χ1v) is 5.09. The summed E-state index contributed by atoms with van der Waals surface area (Å²) in [5.74, 6) is -0.522. The van der Waals surface area contributed by atoms with Crippen LogP contribution in [0, 0.1) is 5.92 Å². The number of rotatable bonds is 2. The van der Waals surface area contributed by atoms with E-state index in [2.05, 4.69) is 6.58 Å². The summed E-state index contributed by atoms with van der Waals surface area (Å²) in [7, 11) is 0. The van der Waals surface area contributed by atoms with Crippen molar-refractivity contribution < 1.29 is 9.59 Å². The van der Waals surface area contributed by atoms with E-state index in [1.165, 1.54) is 6.08 Å². The van der Waals surface area contributed by atoms with Crippen molar-refractivity contribution in [2.24, 2.45) is 5.92 Å². The Balaban J connectivity index is 2.25. The van der Waals surface area contributed by atoms with Gasteiger partial charge in [-0.3, -0.25) is 9.59 Å². The molecule has 0 aromatic carbocycles. The van der Waals surface area contributed by atoms with Gasteiger partial charge in [-0.2, -0.15) is 0 Å². The Labute approximate surface area is 94.3 Å². The van der Waals surface area contributed by atoms with Gasteiger partial charge in [-0.05, 0) is 18.1 Å². The zero-order valence-corrected chi connectivity index (χ0v) is 8.77. The van der Waals surface area contributed by atoms with Gasteiger partial charge in [0.2, 0.25) is 6.29 Å². The molecule has 1 unspecified atom stereocenters. The maximum atomic E-state index is 11.9. The van der Waals surface area contributed by atoms with Crippen LogP contribution in [0.25, 0.3) is 0 Å². The van der Waals surface area contributed by atoms with Crippen molar-refractivity contribution in [3.63, 3.8) is 0 Å². The SMILES string of the molecule is C=C1C=CC(C2C=CC=C([C]=O)C2=O)=CC1. The van der Waals surface area contributed by atoms with Crippen LogP contribution in [0.4, 0.5) is 0 Å². The fraction of sp³-hybridized carbons (Fsp3) is 0.143. The van der Waals surface area contributed by atoms with Crippen LogP contribution >= 0.6 is 0 Å². The van der Waals surface area contributed by atoms with Crippen LogP contribution in [-0.2, 0) is 9.59 Å². The minimum absolute atomic E-state index is 0.117. The molecule has 0 saturated heterocycles. The molecule has 2 nitrogen and oxygen atoms in total. The summed E-state index contributed by atoms with van der Waals surface area (Å²) in [5, 5.41) is 0. The van der Waals surface area contributed by atoms with Gasteiger partial charge in [0.15, 0.2) is 5.78 Å². The van der Waals surface area contributed by atoms with Gasteiger partial charge in [-0.15, -0.1) is 0 Å². The third-order valence-corrected chi connectivity index (χ3v) is 2.69. The molecule has 0 fully saturated rings. The molecule has 1 radical (unpaired) electrons. The lowest BCUT2D eigenvalue weighted by atomic mass is 9.84. The molecule has 0 amide bonds. The Morgan fingerprint density at radius 2 is 2.19 bits per heavy atom. The van der Waals surface area contributed by atoms with Gasteiger partial charge in [0, 0.05) is 0 Å². The van der Waals surface area contributed by atoms with Crippen LogP contribution in [0.15, 0.2) is 59.8 Å². The normalized spacial score (nSPS) is 24.1. The number of carbonyl (C=O) groups excluding carboxylic acids is 2. The molecule has 2 aliphatic rings. The van der Waals surface area contributed by atoms with Crippen LogP contribution in [0.5, 0.6) is 0 Å². The van der Waals surface area contributed by atoms with E-state index in [4.69, 9.17) is 0 Å². The predicted octanol–water partition coefficient (Wildman–Crippen LogP) is 2.22. The monoisotopic (exact) mass is 211 g/mol. The highest BCUT2D eigenvalue weighted by Gasteiger charge is 2.25. The minimum Gasteiger partial charge on any atom is -0.293 e. The fourth-order valence-corrected chi connectivity index (χ4v) is 1.78. The van der Waals surface area contributed by atoms with E-state index < -0.39 is 0 Å². The third kappa shape index (κ3) is 1.87. The largest absolute Gasteiger partial charge is 0.293 e. The molecule has 2 aliphatic carbocycles. The van der Waals surface area contributed by atoms with Crippen molar-refractivity contribution in [2.75, 3.05) is 0 Å². The molecule has 0 spiro atoms. The van der Waals surface area contributed by atoms with Gasteiger partial charge >= 0.3 is 0 Å².